The van der Waals surface area contributed by atoms with Gasteiger partial charge in [0.05, 0.1) is 4.90 Å². The highest BCUT2D eigenvalue weighted by Gasteiger charge is 2.24. The molecule has 0 aliphatic carbocycles. The quantitative estimate of drug-likeness (QED) is 0.409. The van der Waals surface area contributed by atoms with Crippen molar-refractivity contribution in [3.8, 4) is 0 Å². The highest BCUT2D eigenvalue weighted by Crippen LogP contribution is 2.30. The Hall–Kier alpha value is -2.47. The predicted molar refractivity (Wildman–Crippen MR) is 109 cm³/mol. The molecule has 3 rings (SSSR count). The minimum atomic E-state index is -3.92. The van der Waals surface area contributed by atoms with E-state index in [1.807, 2.05) is 68.4 Å². The summed E-state index contributed by atoms with van der Waals surface area (Å²) in [7, 11) is -3.92. The highest BCUT2D eigenvalue weighted by molar-refractivity contribution is 7.86. The Labute approximate surface area is 166 Å². The van der Waals surface area contributed by atoms with Gasteiger partial charge in [0.1, 0.15) is 6.10 Å². The Bertz CT molecular complexity index is 1010. The van der Waals surface area contributed by atoms with Crippen molar-refractivity contribution in [3.05, 3.63) is 101 Å². The maximum atomic E-state index is 12.6. The SMILES string of the molecule is Cc1ccc(S(=O)(=O)OC(C)OC(c2ccccc2)c2ccccc2C)cc1. The van der Waals surface area contributed by atoms with E-state index in [0.717, 1.165) is 22.3 Å². The van der Waals surface area contributed by atoms with Crippen LogP contribution in [0, 0.1) is 13.8 Å². The van der Waals surface area contributed by atoms with Gasteiger partial charge in [-0.1, -0.05) is 72.3 Å². The number of benzene rings is 3. The lowest BCUT2D eigenvalue weighted by Gasteiger charge is -2.24. The number of hydrogen-bond donors (Lipinski definition) is 0. The largest absolute Gasteiger partial charge is 0.339 e. The minimum Gasteiger partial charge on any atom is -0.339 e. The van der Waals surface area contributed by atoms with Crippen LogP contribution in [-0.4, -0.2) is 14.7 Å². The third-order valence-corrected chi connectivity index (χ3v) is 5.85. The van der Waals surface area contributed by atoms with E-state index in [1.54, 1.807) is 19.1 Å². The van der Waals surface area contributed by atoms with Crippen molar-refractivity contribution < 1.29 is 17.3 Å². The van der Waals surface area contributed by atoms with Crippen molar-refractivity contribution in [2.24, 2.45) is 0 Å². The summed E-state index contributed by atoms with van der Waals surface area (Å²) in [5, 5.41) is 0. The van der Waals surface area contributed by atoms with Crippen molar-refractivity contribution in [1.29, 1.82) is 0 Å². The molecule has 146 valence electrons. The first kappa shape index (κ1) is 20.3. The number of hydrogen-bond acceptors (Lipinski definition) is 4. The second kappa shape index (κ2) is 8.69. The molecule has 0 spiro atoms. The summed E-state index contributed by atoms with van der Waals surface area (Å²) in [5.41, 5.74) is 3.94. The van der Waals surface area contributed by atoms with E-state index in [4.69, 9.17) is 8.92 Å². The summed E-state index contributed by atoms with van der Waals surface area (Å²) in [6.45, 7) is 5.50. The van der Waals surface area contributed by atoms with Crippen molar-refractivity contribution in [1.82, 2.24) is 0 Å². The number of rotatable bonds is 7. The van der Waals surface area contributed by atoms with Crippen LogP contribution in [0.5, 0.6) is 0 Å². The lowest BCUT2D eigenvalue weighted by Crippen LogP contribution is -2.22. The van der Waals surface area contributed by atoms with Gasteiger partial charge in [0, 0.05) is 0 Å². The first-order chi connectivity index (χ1) is 13.4. The zero-order valence-electron chi connectivity index (χ0n) is 16.2. The summed E-state index contributed by atoms with van der Waals surface area (Å²) < 4.78 is 36.6. The first-order valence-corrected chi connectivity index (χ1v) is 10.5. The van der Waals surface area contributed by atoms with E-state index in [2.05, 4.69) is 0 Å². The second-order valence-corrected chi connectivity index (χ2v) is 8.29. The third kappa shape index (κ3) is 4.87. The Morgan fingerprint density at radius 2 is 1.39 bits per heavy atom. The highest BCUT2D eigenvalue weighted by atomic mass is 32.2. The van der Waals surface area contributed by atoms with Crippen LogP contribution in [0.25, 0.3) is 0 Å². The van der Waals surface area contributed by atoms with Crippen LogP contribution >= 0.6 is 0 Å². The molecule has 3 aromatic rings. The molecule has 0 radical (unpaired) electrons. The van der Waals surface area contributed by atoms with E-state index in [1.165, 1.54) is 12.1 Å². The fraction of sp³-hybridized carbons (Fsp3) is 0.217. The van der Waals surface area contributed by atoms with Crippen molar-refractivity contribution in [2.45, 2.75) is 38.1 Å². The van der Waals surface area contributed by atoms with E-state index in [-0.39, 0.29) is 4.90 Å². The van der Waals surface area contributed by atoms with E-state index in [0.29, 0.717) is 0 Å². The van der Waals surface area contributed by atoms with Crippen LogP contribution < -0.4 is 0 Å². The first-order valence-electron chi connectivity index (χ1n) is 9.13. The molecule has 4 nitrogen and oxygen atoms in total. The molecule has 2 unspecified atom stereocenters. The van der Waals surface area contributed by atoms with Gasteiger partial charge in [0.25, 0.3) is 10.1 Å². The maximum absolute atomic E-state index is 12.6. The van der Waals surface area contributed by atoms with Gasteiger partial charge >= 0.3 is 0 Å². The Morgan fingerprint density at radius 1 is 0.786 bits per heavy atom. The van der Waals surface area contributed by atoms with Gasteiger partial charge in [0.15, 0.2) is 6.29 Å². The van der Waals surface area contributed by atoms with Crippen LogP contribution in [0.3, 0.4) is 0 Å². The van der Waals surface area contributed by atoms with Crippen LogP contribution in [0.2, 0.25) is 0 Å². The van der Waals surface area contributed by atoms with Crippen molar-refractivity contribution >= 4 is 10.1 Å². The van der Waals surface area contributed by atoms with Crippen molar-refractivity contribution in [3.63, 3.8) is 0 Å². The zero-order chi connectivity index (χ0) is 20.1. The molecule has 0 saturated heterocycles. The predicted octanol–water partition coefficient (Wildman–Crippen LogP) is 5.16. The standard InChI is InChI=1S/C23H24O4S/c1-17-13-15-21(16-14-17)28(24,25)27-19(3)26-23(20-10-5-4-6-11-20)22-12-8-7-9-18(22)2/h4-16,19,23H,1-3H3. The molecular formula is C23H24O4S. The molecule has 0 bridgehead atoms. The fourth-order valence-corrected chi connectivity index (χ4v) is 3.98. The number of ether oxygens (including phenoxy) is 1. The Balaban J connectivity index is 1.85. The monoisotopic (exact) mass is 396 g/mol. The second-order valence-electron chi connectivity index (χ2n) is 6.71. The lowest BCUT2D eigenvalue weighted by atomic mass is 9.97. The molecule has 0 saturated carbocycles. The molecule has 0 fully saturated rings. The average Bonchev–Trinajstić information content (AvgIpc) is 2.67. The van der Waals surface area contributed by atoms with Gasteiger partial charge in [-0.3, -0.25) is 0 Å². The fourth-order valence-electron chi connectivity index (χ4n) is 2.99. The lowest BCUT2D eigenvalue weighted by molar-refractivity contribution is -0.0925. The molecular weight excluding hydrogens is 372 g/mol. The minimum absolute atomic E-state index is 0.112. The molecule has 0 heterocycles. The molecule has 2 atom stereocenters. The molecule has 0 aliphatic rings. The average molecular weight is 397 g/mol. The zero-order valence-corrected chi connectivity index (χ0v) is 17.0. The topological polar surface area (TPSA) is 52.6 Å². The molecule has 0 amide bonds. The summed E-state index contributed by atoms with van der Waals surface area (Å²) in [4.78, 5) is 0.112. The molecule has 5 heteroatoms. The van der Waals surface area contributed by atoms with Crippen LogP contribution in [0.1, 0.15) is 35.3 Å². The summed E-state index contributed by atoms with van der Waals surface area (Å²) in [6.07, 6.45) is -1.40. The van der Waals surface area contributed by atoms with Gasteiger partial charge < -0.3 is 4.74 Å². The summed E-state index contributed by atoms with van der Waals surface area (Å²) in [6, 6.07) is 24.1. The smallest absolute Gasteiger partial charge is 0.299 e. The van der Waals surface area contributed by atoms with Gasteiger partial charge in [0.2, 0.25) is 0 Å². The normalized spacial score (nSPS) is 13.8. The molecule has 0 aliphatic heterocycles. The van der Waals surface area contributed by atoms with Crippen LogP contribution in [-0.2, 0) is 19.0 Å². The van der Waals surface area contributed by atoms with Crippen molar-refractivity contribution in [2.75, 3.05) is 0 Å². The summed E-state index contributed by atoms with van der Waals surface area (Å²) in [5.74, 6) is 0. The molecule has 3 aromatic carbocycles. The van der Waals surface area contributed by atoms with E-state index >= 15 is 0 Å². The number of aryl methyl sites for hydroxylation is 2. The Kier molecular flexibility index (Phi) is 6.29. The van der Waals surface area contributed by atoms with Crippen LogP contribution in [0.4, 0.5) is 0 Å². The molecule has 0 N–H and O–H groups in total. The summed E-state index contributed by atoms with van der Waals surface area (Å²) >= 11 is 0. The third-order valence-electron chi connectivity index (χ3n) is 4.47. The van der Waals surface area contributed by atoms with E-state index < -0.39 is 22.5 Å². The molecule has 0 aromatic heterocycles. The molecule has 28 heavy (non-hydrogen) atoms. The van der Waals surface area contributed by atoms with Gasteiger partial charge in [-0.25, -0.2) is 4.18 Å². The van der Waals surface area contributed by atoms with Gasteiger partial charge in [-0.15, -0.1) is 0 Å². The van der Waals surface area contributed by atoms with Crippen LogP contribution in [0.15, 0.2) is 83.8 Å². The van der Waals surface area contributed by atoms with E-state index in [9.17, 15) is 8.42 Å². The van der Waals surface area contributed by atoms with Gasteiger partial charge in [-0.2, -0.15) is 8.42 Å². The maximum Gasteiger partial charge on any atom is 0.299 e. The van der Waals surface area contributed by atoms with Gasteiger partial charge in [-0.05, 0) is 49.6 Å². The Morgan fingerprint density at radius 3 is 2.04 bits per heavy atom.